The molecule has 0 aromatic heterocycles. The van der Waals surface area contributed by atoms with Crippen LogP contribution in [0.2, 0.25) is 0 Å². The van der Waals surface area contributed by atoms with E-state index in [9.17, 15) is 18.0 Å². The van der Waals surface area contributed by atoms with Crippen molar-refractivity contribution in [2.24, 2.45) is 0 Å². The Labute approximate surface area is 202 Å². The van der Waals surface area contributed by atoms with Crippen molar-refractivity contribution in [1.29, 1.82) is 0 Å². The van der Waals surface area contributed by atoms with Crippen molar-refractivity contribution in [2.75, 3.05) is 30.8 Å². The van der Waals surface area contributed by atoms with Crippen molar-refractivity contribution < 1.29 is 22.7 Å². The van der Waals surface area contributed by atoms with Crippen molar-refractivity contribution >= 4 is 27.5 Å². The number of amides is 2. The Morgan fingerprint density at radius 3 is 2.26 bits per heavy atom. The Kier molecular flexibility index (Phi) is 9.49. The number of nitrogens with zero attached hydrogens (tertiary/aromatic N) is 2. The number of aryl methyl sites for hydroxylation is 2. The molecule has 0 aliphatic rings. The second-order valence-electron chi connectivity index (χ2n) is 8.40. The van der Waals surface area contributed by atoms with Crippen molar-refractivity contribution in [3.63, 3.8) is 0 Å². The molecule has 2 aromatic carbocycles. The van der Waals surface area contributed by atoms with Gasteiger partial charge in [0, 0.05) is 13.1 Å². The summed E-state index contributed by atoms with van der Waals surface area (Å²) in [7, 11) is -2.19. The summed E-state index contributed by atoms with van der Waals surface area (Å²) in [5, 5.41) is 2.82. The van der Waals surface area contributed by atoms with Gasteiger partial charge in [-0.1, -0.05) is 36.8 Å². The van der Waals surface area contributed by atoms with Gasteiger partial charge in [-0.15, -0.1) is 0 Å². The summed E-state index contributed by atoms with van der Waals surface area (Å²) in [5.74, 6) is -0.0880. The number of benzene rings is 2. The zero-order valence-corrected chi connectivity index (χ0v) is 21.6. The number of carbonyl (C=O) groups is 2. The van der Waals surface area contributed by atoms with E-state index < -0.39 is 28.5 Å². The summed E-state index contributed by atoms with van der Waals surface area (Å²) in [5.41, 5.74) is 2.97. The maximum absolute atomic E-state index is 13.5. The predicted octanol–water partition coefficient (Wildman–Crippen LogP) is 3.02. The van der Waals surface area contributed by atoms with Gasteiger partial charge in [-0.25, -0.2) is 8.42 Å². The van der Waals surface area contributed by atoms with Crippen LogP contribution in [-0.2, 0) is 26.2 Å². The highest BCUT2D eigenvalue weighted by Gasteiger charge is 2.30. The fraction of sp³-hybridized carbons (Fsp3) is 0.440. The molecule has 34 heavy (non-hydrogen) atoms. The monoisotopic (exact) mass is 489 g/mol. The molecule has 0 bridgehead atoms. The molecule has 0 heterocycles. The van der Waals surface area contributed by atoms with E-state index in [0.717, 1.165) is 33.7 Å². The summed E-state index contributed by atoms with van der Waals surface area (Å²) < 4.78 is 31.6. The lowest BCUT2D eigenvalue weighted by Gasteiger charge is -2.32. The standard InChI is InChI=1S/C25H35N3O5S/c1-7-14-26-25(30)20(4)27(16-21-9-11-22(33-5)12-10-21)24(29)17-28(34(6,31)32)23-13-8-18(2)15-19(23)3/h8-13,15,20H,7,14,16-17H2,1-6H3,(H,26,30). The Morgan fingerprint density at radius 1 is 1.09 bits per heavy atom. The van der Waals surface area contributed by atoms with Gasteiger partial charge >= 0.3 is 0 Å². The number of hydrogen-bond donors (Lipinski definition) is 1. The molecule has 9 heteroatoms. The van der Waals surface area contributed by atoms with Gasteiger partial charge in [-0.05, 0) is 56.5 Å². The highest BCUT2D eigenvalue weighted by Crippen LogP contribution is 2.24. The number of anilines is 1. The van der Waals surface area contributed by atoms with E-state index in [2.05, 4.69) is 5.32 Å². The SMILES string of the molecule is CCCNC(=O)C(C)N(Cc1ccc(OC)cc1)C(=O)CN(c1ccc(C)cc1C)S(C)(=O)=O. The molecule has 2 rings (SSSR count). The molecule has 0 aliphatic carbocycles. The largest absolute Gasteiger partial charge is 0.497 e. The van der Waals surface area contributed by atoms with Gasteiger partial charge in [-0.3, -0.25) is 13.9 Å². The average Bonchev–Trinajstić information content (AvgIpc) is 2.79. The maximum Gasteiger partial charge on any atom is 0.244 e. The first-order valence-corrected chi connectivity index (χ1v) is 13.1. The third-order valence-corrected chi connectivity index (χ3v) is 6.66. The van der Waals surface area contributed by atoms with Crippen LogP contribution in [0.5, 0.6) is 5.75 Å². The van der Waals surface area contributed by atoms with Crippen molar-refractivity contribution in [3.05, 3.63) is 59.2 Å². The molecule has 0 fully saturated rings. The molecule has 1 atom stereocenters. The van der Waals surface area contributed by atoms with Crippen molar-refractivity contribution in [3.8, 4) is 5.75 Å². The van der Waals surface area contributed by atoms with Crippen LogP contribution < -0.4 is 14.4 Å². The predicted molar refractivity (Wildman–Crippen MR) is 134 cm³/mol. The number of ether oxygens (including phenoxy) is 1. The molecule has 2 aromatic rings. The Hall–Kier alpha value is -3.07. The minimum Gasteiger partial charge on any atom is -0.497 e. The highest BCUT2D eigenvalue weighted by molar-refractivity contribution is 7.92. The number of rotatable bonds is 11. The van der Waals surface area contributed by atoms with Crippen molar-refractivity contribution in [2.45, 2.75) is 46.7 Å². The molecule has 1 unspecified atom stereocenters. The maximum atomic E-state index is 13.5. The van der Waals surface area contributed by atoms with Crippen LogP contribution in [0.3, 0.4) is 0 Å². The topological polar surface area (TPSA) is 96.0 Å². The van der Waals surface area contributed by atoms with Crippen LogP contribution in [0.1, 0.15) is 37.0 Å². The number of carbonyl (C=O) groups excluding carboxylic acids is 2. The van der Waals surface area contributed by atoms with Crippen LogP contribution in [-0.4, -0.2) is 57.6 Å². The number of sulfonamides is 1. The zero-order chi connectivity index (χ0) is 25.5. The minimum absolute atomic E-state index is 0.147. The van der Waals surface area contributed by atoms with Gasteiger partial charge in [0.25, 0.3) is 0 Å². The average molecular weight is 490 g/mol. The highest BCUT2D eigenvalue weighted by atomic mass is 32.2. The number of methoxy groups -OCH3 is 1. The molecule has 2 amide bonds. The zero-order valence-electron chi connectivity index (χ0n) is 20.8. The third-order valence-electron chi connectivity index (χ3n) is 5.53. The molecule has 0 aliphatic heterocycles. The fourth-order valence-electron chi connectivity index (χ4n) is 3.59. The smallest absolute Gasteiger partial charge is 0.244 e. The van der Waals surface area contributed by atoms with E-state index in [-0.39, 0.29) is 12.5 Å². The summed E-state index contributed by atoms with van der Waals surface area (Å²) >= 11 is 0. The van der Waals surface area contributed by atoms with E-state index in [1.165, 1.54) is 4.90 Å². The summed E-state index contributed by atoms with van der Waals surface area (Å²) in [6.45, 7) is 7.54. The molecule has 0 saturated carbocycles. The van der Waals surface area contributed by atoms with Gasteiger partial charge in [0.05, 0.1) is 19.1 Å². The summed E-state index contributed by atoms with van der Waals surface area (Å²) in [6.07, 6.45) is 1.84. The van der Waals surface area contributed by atoms with Gasteiger partial charge in [-0.2, -0.15) is 0 Å². The molecule has 186 valence electrons. The first-order chi connectivity index (χ1) is 16.0. The third kappa shape index (κ3) is 7.21. The van der Waals surface area contributed by atoms with Crippen LogP contribution in [0.25, 0.3) is 0 Å². The molecule has 1 N–H and O–H groups in total. The Morgan fingerprint density at radius 2 is 1.74 bits per heavy atom. The van der Waals surface area contributed by atoms with Crippen LogP contribution >= 0.6 is 0 Å². The normalized spacial score (nSPS) is 12.1. The van der Waals surface area contributed by atoms with Gasteiger partial charge in [0.2, 0.25) is 21.8 Å². The fourth-order valence-corrected chi connectivity index (χ4v) is 4.49. The lowest BCUT2D eigenvalue weighted by molar-refractivity contribution is -0.139. The summed E-state index contributed by atoms with van der Waals surface area (Å²) in [6, 6.07) is 11.8. The Balaban J connectivity index is 2.39. The molecular formula is C25H35N3O5S. The van der Waals surface area contributed by atoms with Gasteiger partial charge in [0.15, 0.2) is 0 Å². The lowest BCUT2D eigenvalue weighted by Crippen LogP contribution is -2.51. The number of hydrogen-bond acceptors (Lipinski definition) is 5. The van der Waals surface area contributed by atoms with Gasteiger partial charge in [0.1, 0.15) is 18.3 Å². The molecular weight excluding hydrogens is 454 g/mol. The quantitative estimate of drug-likeness (QED) is 0.523. The van der Waals surface area contributed by atoms with E-state index >= 15 is 0 Å². The lowest BCUT2D eigenvalue weighted by atomic mass is 10.1. The van der Waals surface area contributed by atoms with E-state index in [4.69, 9.17) is 4.74 Å². The van der Waals surface area contributed by atoms with Crippen LogP contribution in [0, 0.1) is 13.8 Å². The first-order valence-electron chi connectivity index (χ1n) is 11.2. The van der Waals surface area contributed by atoms with E-state index in [0.29, 0.717) is 18.0 Å². The Bertz CT molecular complexity index is 1100. The van der Waals surface area contributed by atoms with Crippen molar-refractivity contribution in [1.82, 2.24) is 10.2 Å². The van der Waals surface area contributed by atoms with Crippen LogP contribution in [0.15, 0.2) is 42.5 Å². The van der Waals surface area contributed by atoms with Gasteiger partial charge < -0.3 is 15.0 Å². The van der Waals surface area contributed by atoms with E-state index in [1.807, 2.05) is 32.0 Å². The summed E-state index contributed by atoms with van der Waals surface area (Å²) in [4.78, 5) is 27.7. The second-order valence-corrected chi connectivity index (χ2v) is 10.3. The van der Waals surface area contributed by atoms with E-state index in [1.54, 1.807) is 45.2 Å². The molecule has 8 nitrogen and oxygen atoms in total. The molecule has 0 radical (unpaired) electrons. The van der Waals surface area contributed by atoms with Crippen LogP contribution in [0.4, 0.5) is 5.69 Å². The molecule has 0 saturated heterocycles. The minimum atomic E-state index is -3.76. The number of nitrogens with one attached hydrogen (secondary N) is 1. The molecule has 0 spiro atoms. The second kappa shape index (κ2) is 11.9. The first kappa shape index (κ1) is 27.2.